The zero-order valence-corrected chi connectivity index (χ0v) is 11.5. The van der Waals surface area contributed by atoms with Crippen LogP contribution >= 0.6 is 11.6 Å². The van der Waals surface area contributed by atoms with Gasteiger partial charge in [-0.2, -0.15) is 0 Å². The first kappa shape index (κ1) is 13.4. The number of halogens is 1. The molecule has 0 radical (unpaired) electrons. The minimum atomic E-state index is 0.152. The number of piperazine rings is 1. The Balaban J connectivity index is 1.98. The molecule has 0 saturated carbocycles. The second kappa shape index (κ2) is 6.21. The van der Waals surface area contributed by atoms with E-state index < -0.39 is 0 Å². The minimum Gasteiger partial charge on any atom is -0.336 e. The van der Waals surface area contributed by atoms with Crippen LogP contribution < -0.4 is 0 Å². The molecule has 0 spiro atoms. The monoisotopic (exact) mass is 266 g/mol. The first-order valence-corrected chi connectivity index (χ1v) is 6.89. The van der Waals surface area contributed by atoms with Gasteiger partial charge in [-0.3, -0.25) is 9.69 Å². The van der Waals surface area contributed by atoms with Crippen LogP contribution in [0.3, 0.4) is 0 Å². The zero-order valence-electron chi connectivity index (χ0n) is 10.7. The van der Waals surface area contributed by atoms with E-state index >= 15 is 0 Å². The molecule has 98 valence electrons. The highest BCUT2D eigenvalue weighted by molar-refractivity contribution is 6.18. The molecule has 0 atom stereocenters. The molecule has 18 heavy (non-hydrogen) atoms. The Bertz CT molecular complexity index is 414. The Kier molecular flexibility index (Phi) is 4.61. The average Bonchev–Trinajstić information content (AvgIpc) is 2.40. The number of hydrogen-bond donors (Lipinski definition) is 0. The standard InChI is InChI=1S/C14H19ClN2O/c1-12-4-2-3-5-13(12)14(18)17-10-8-16(7-6-15)9-11-17/h2-5H,6-11H2,1H3. The summed E-state index contributed by atoms with van der Waals surface area (Å²) in [6.07, 6.45) is 0. The molecular weight excluding hydrogens is 248 g/mol. The van der Waals surface area contributed by atoms with Crippen LogP contribution in [0.15, 0.2) is 24.3 Å². The molecule has 0 bridgehead atoms. The van der Waals surface area contributed by atoms with Crippen LogP contribution in [-0.2, 0) is 0 Å². The van der Waals surface area contributed by atoms with Gasteiger partial charge in [-0.15, -0.1) is 11.6 Å². The van der Waals surface area contributed by atoms with E-state index in [1.165, 1.54) is 0 Å². The van der Waals surface area contributed by atoms with Crippen molar-refractivity contribution in [3.05, 3.63) is 35.4 Å². The second-order valence-corrected chi connectivity index (χ2v) is 5.02. The SMILES string of the molecule is Cc1ccccc1C(=O)N1CCN(CCCl)CC1. The molecule has 4 heteroatoms. The van der Waals surface area contributed by atoms with Crippen LogP contribution in [-0.4, -0.2) is 54.3 Å². The Morgan fingerprint density at radius 3 is 2.50 bits per heavy atom. The van der Waals surface area contributed by atoms with Crippen molar-refractivity contribution in [3.8, 4) is 0 Å². The fourth-order valence-electron chi connectivity index (χ4n) is 2.28. The smallest absolute Gasteiger partial charge is 0.254 e. The summed E-state index contributed by atoms with van der Waals surface area (Å²) in [5.74, 6) is 0.810. The van der Waals surface area contributed by atoms with Crippen molar-refractivity contribution in [2.45, 2.75) is 6.92 Å². The summed E-state index contributed by atoms with van der Waals surface area (Å²) in [4.78, 5) is 16.6. The maximum Gasteiger partial charge on any atom is 0.254 e. The Morgan fingerprint density at radius 2 is 1.89 bits per heavy atom. The number of amides is 1. The summed E-state index contributed by atoms with van der Waals surface area (Å²) in [6.45, 7) is 6.33. The Labute approximate surface area is 113 Å². The molecule has 0 aliphatic carbocycles. The van der Waals surface area contributed by atoms with Gasteiger partial charge in [-0.25, -0.2) is 0 Å². The van der Waals surface area contributed by atoms with E-state index in [4.69, 9.17) is 11.6 Å². The molecule has 1 heterocycles. The third kappa shape index (κ3) is 3.03. The highest BCUT2D eigenvalue weighted by Crippen LogP contribution is 2.12. The fraction of sp³-hybridized carbons (Fsp3) is 0.500. The predicted molar refractivity (Wildman–Crippen MR) is 74.2 cm³/mol. The van der Waals surface area contributed by atoms with Crippen LogP contribution in [0.1, 0.15) is 15.9 Å². The molecule has 1 aromatic rings. The molecule has 1 amide bonds. The molecule has 0 N–H and O–H groups in total. The summed E-state index contributed by atoms with van der Waals surface area (Å²) in [6, 6.07) is 7.77. The normalized spacial score (nSPS) is 16.9. The topological polar surface area (TPSA) is 23.6 Å². The molecule has 2 rings (SSSR count). The highest BCUT2D eigenvalue weighted by atomic mass is 35.5. The summed E-state index contributed by atoms with van der Waals surface area (Å²) in [5, 5.41) is 0. The van der Waals surface area contributed by atoms with Gasteiger partial charge in [-0.05, 0) is 18.6 Å². The first-order valence-electron chi connectivity index (χ1n) is 6.35. The van der Waals surface area contributed by atoms with Gasteiger partial charge in [-0.1, -0.05) is 18.2 Å². The number of nitrogens with zero attached hydrogens (tertiary/aromatic N) is 2. The molecule has 1 aliphatic rings. The van der Waals surface area contributed by atoms with Crippen molar-refractivity contribution < 1.29 is 4.79 Å². The van der Waals surface area contributed by atoms with Gasteiger partial charge in [0.2, 0.25) is 0 Å². The lowest BCUT2D eigenvalue weighted by Gasteiger charge is -2.34. The van der Waals surface area contributed by atoms with Crippen LogP contribution in [0.2, 0.25) is 0 Å². The van der Waals surface area contributed by atoms with Crippen LogP contribution in [0.25, 0.3) is 0 Å². The number of aryl methyl sites for hydroxylation is 1. The van der Waals surface area contributed by atoms with Crippen molar-refractivity contribution >= 4 is 17.5 Å². The van der Waals surface area contributed by atoms with Crippen molar-refractivity contribution in [2.24, 2.45) is 0 Å². The molecular formula is C14H19ClN2O. The molecule has 0 unspecified atom stereocenters. The number of alkyl halides is 1. The lowest BCUT2D eigenvalue weighted by molar-refractivity contribution is 0.0643. The molecule has 1 aromatic carbocycles. The second-order valence-electron chi connectivity index (χ2n) is 4.64. The summed E-state index contributed by atoms with van der Waals surface area (Å²) in [7, 11) is 0. The van der Waals surface area contributed by atoms with Gasteiger partial charge < -0.3 is 4.90 Å². The highest BCUT2D eigenvalue weighted by Gasteiger charge is 2.22. The van der Waals surface area contributed by atoms with Crippen molar-refractivity contribution in [1.82, 2.24) is 9.80 Å². The summed E-state index contributed by atoms with van der Waals surface area (Å²) >= 11 is 5.73. The number of carbonyl (C=O) groups is 1. The van der Waals surface area contributed by atoms with Gasteiger partial charge in [0.1, 0.15) is 0 Å². The maximum atomic E-state index is 12.4. The number of carbonyl (C=O) groups excluding carboxylic acids is 1. The van der Waals surface area contributed by atoms with E-state index in [1.54, 1.807) is 0 Å². The summed E-state index contributed by atoms with van der Waals surface area (Å²) < 4.78 is 0. The van der Waals surface area contributed by atoms with Crippen molar-refractivity contribution in [1.29, 1.82) is 0 Å². The van der Waals surface area contributed by atoms with Crippen molar-refractivity contribution in [3.63, 3.8) is 0 Å². The number of benzene rings is 1. The van der Waals surface area contributed by atoms with E-state index in [2.05, 4.69) is 4.90 Å². The average molecular weight is 267 g/mol. The Hall–Kier alpha value is -1.06. The molecule has 1 saturated heterocycles. The number of rotatable bonds is 3. The zero-order chi connectivity index (χ0) is 13.0. The fourth-order valence-corrected chi connectivity index (χ4v) is 2.52. The van der Waals surface area contributed by atoms with Gasteiger partial charge in [0, 0.05) is 44.2 Å². The number of hydrogen-bond acceptors (Lipinski definition) is 2. The minimum absolute atomic E-state index is 0.152. The quantitative estimate of drug-likeness (QED) is 0.782. The molecule has 3 nitrogen and oxygen atoms in total. The van der Waals surface area contributed by atoms with Gasteiger partial charge >= 0.3 is 0 Å². The summed E-state index contributed by atoms with van der Waals surface area (Å²) in [5.41, 5.74) is 1.87. The molecule has 1 fully saturated rings. The van der Waals surface area contributed by atoms with E-state index in [1.807, 2.05) is 36.1 Å². The van der Waals surface area contributed by atoms with E-state index in [9.17, 15) is 4.79 Å². The van der Waals surface area contributed by atoms with Crippen molar-refractivity contribution in [2.75, 3.05) is 38.6 Å². The third-order valence-corrected chi connectivity index (χ3v) is 3.60. The van der Waals surface area contributed by atoms with E-state index in [0.29, 0.717) is 5.88 Å². The van der Waals surface area contributed by atoms with Gasteiger partial charge in [0.25, 0.3) is 5.91 Å². The van der Waals surface area contributed by atoms with E-state index in [-0.39, 0.29) is 5.91 Å². The third-order valence-electron chi connectivity index (χ3n) is 3.44. The largest absolute Gasteiger partial charge is 0.336 e. The van der Waals surface area contributed by atoms with Crippen LogP contribution in [0.5, 0.6) is 0 Å². The van der Waals surface area contributed by atoms with Gasteiger partial charge in [0.05, 0.1) is 0 Å². The lowest BCUT2D eigenvalue weighted by atomic mass is 10.1. The van der Waals surface area contributed by atoms with Crippen LogP contribution in [0, 0.1) is 6.92 Å². The first-order chi connectivity index (χ1) is 8.72. The Morgan fingerprint density at radius 1 is 1.22 bits per heavy atom. The lowest BCUT2D eigenvalue weighted by Crippen LogP contribution is -2.49. The maximum absolute atomic E-state index is 12.4. The molecule has 1 aliphatic heterocycles. The predicted octanol–water partition coefficient (Wildman–Crippen LogP) is 1.99. The van der Waals surface area contributed by atoms with E-state index in [0.717, 1.165) is 43.9 Å². The van der Waals surface area contributed by atoms with Crippen LogP contribution in [0.4, 0.5) is 0 Å². The molecule has 0 aromatic heterocycles. The van der Waals surface area contributed by atoms with Gasteiger partial charge in [0.15, 0.2) is 0 Å².